The minimum Gasteiger partial charge on any atom is -0.481 e. The van der Waals surface area contributed by atoms with Gasteiger partial charge in [-0.1, -0.05) is 0 Å². The summed E-state index contributed by atoms with van der Waals surface area (Å²) in [6, 6.07) is 2.84. The highest BCUT2D eigenvalue weighted by atomic mass is 79.9. The molecule has 0 aromatic carbocycles. The number of halogens is 1. The summed E-state index contributed by atoms with van der Waals surface area (Å²) < 4.78 is 0.780. The summed E-state index contributed by atoms with van der Waals surface area (Å²) in [6.07, 6.45) is 1.40. The lowest BCUT2D eigenvalue weighted by Crippen LogP contribution is -2.34. The van der Waals surface area contributed by atoms with E-state index in [0.29, 0.717) is 0 Å². The Labute approximate surface area is 101 Å². The van der Waals surface area contributed by atoms with Gasteiger partial charge in [-0.15, -0.1) is 0 Å². The number of rotatable bonds is 4. The van der Waals surface area contributed by atoms with Crippen LogP contribution in [0.4, 0.5) is 0 Å². The fourth-order valence-corrected chi connectivity index (χ4v) is 1.36. The molecule has 0 aliphatic carbocycles. The molecule has 0 saturated heterocycles. The van der Waals surface area contributed by atoms with E-state index in [4.69, 9.17) is 5.11 Å². The largest absolute Gasteiger partial charge is 0.481 e. The molecule has 1 aromatic rings. The molecule has 16 heavy (non-hydrogen) atoms. The summed E-state index contributed by atoms with van der Waals surface area (Å²) in [7, 11) is 0. The van der Waals surface area contributed by atoms with Crippen LogP contribution >= 0.6 is 15.9 Å². The van der Waals surface area contributed by atoms with Gasteiger partial charge in [0.15, 0.2) is 0 Å². The summed E-state index contributed by atoms with van der Waals surface area (Å²) in [4.78, 5) is 25.9. The van der Waals surface area contributed by atoms with E-state index in [1.54, 1.807) is 19.1 Å². The number of carbonyl (C=O) groups is 2. The summed E-state index contributed by atoms with van der Waals surface area (Å²) in [6.45, 7) is 1.63. The van der Waals surface area contributed by atoms with Gasteiger partial charge in [-0.3, -0.25) is 9.59 Å². The number of amides is 1. The van der Waals surface area contributed by atoms with E-state index in [2.05, 4.69) is 26.2 Å². The molecule has 1 aromatic heterocycles. The zero-order valence-corrected chi connectivity index (χ0v) is 10.2. The van der Waals surface area contributed by atoms with Crippen molar-refractivity contribution in [2.45, 2.75) is 19.4 Å². The number of pyridine rings is 1. The molecule has 2 N–H and O–H groups in total. The first-order chi connectivity index (χ1) is 7.49. The van der Waals surface area contributed by atoms with Gasteiger partial charge in [-0.2, -0.15) is 0 Å². The van der Waals surface area contributed by atoms with E-state index < -0.39 is 12.0 Å². The Morgan fingerprint density at radius 2 is 2.25 bits per heavy atom. The Bertz CT molecular complexity index is 392. The van der Waals surface area contributed by atoms with Crippen molar-refractivity contribution >= 4 is 27.8 Å². The Balaban J connectivity index is 2.58. The number of carboxylic acid groups (broad SMARTS) is 1. The predicted molar refractivity (Wildman–Crippen MR) is 61.1 cm³/mol. The van der Waals surface area contributed by atoms with Crippen LogP contribution in [0.2, 0.25) is 0 Å². The van der Waals surface area contributed by atoms with Gasteiger partial charge in [0, 0.05) is 16.7 Å². The molecular formula is C10H11BrN2O3. The Hall–Kier alpha value is -1.43. The lowest BCUT2D eigenvalue weighted by molar-refractivity contribution is -0.137. The third kappa shape index (κ3) is 3.98. The molecule has 0 radical (unpaired) electrons. The van der Waals surface area contributed by atoms with E-state index in [1.807, 2.05) is 0 Å². The smallest absolute Gasteiger partial charge is 0.305 e. The molecule has 0 spiro atoms. The summed E-state index contributed by atoms with van der Waals surface area (Å²) >= 11 is 3.21. The second-order valence-corrected chi connectivity index (χ2v) is 4.25. The summed E-state index contributed by atoms with van der Waals surface area (Å²) in [5, 5.41) is 11.1. The van der Waals surface area contributed by atoms with Gasteiger partial charge in [-0.05, 0) is 35.0 Å². The summed E-state index contributed by atoms with van der Waals surface area (Å²) in [5.74, 6) is -1.32. The number of hydrogen-bond acceptors (Lipinski definition) is 3. The van der Waals surface area contributed by atoms with Crippen LogP contribution in [0.1, 0.15) is 23.8 Å². The zero-order chi connectivity index (χ0) is 12.1. The van der Waals surface area contributed by atoms with Crippen LogP contribution in [-0.2, 0) is 4.79 Å². The third-order valence-electron chi connectivity index (χ3n) is 1.82. The van der Waals surface area contributed by atoms with Crippen molar-refractivity contribution in [3.05, 3.63) is 28.5 Å². The molecule has 5 nitrogen and oxygen atoms in total. The van der Waals surface area contributed by atoms with Gasteiger partial charge in [0.05, 0.1) is 6.42 Å². The number of aromatic nitrogens is 1. The Morgan fingerprint density at radius 1 is 1.56 bits per heavy atom. The van der Waals surface area contributed by atoms with Gasteiger partial charge in [-0.25, -0.2) is 4.98 Å². The molecule has 1 atom stereocenters. The van der Waals surface area contributed by atoms with E-state index in [1.165, 1.54) is 6.20 Å². The van der Waals surface area contributed by atoms with Crippen molar-refractivity contribution < 1.29 is 14.7 Å². The molecule has 86 valence electrons. The molecule has 1 rings (SSSR count). The van der Waals surface area contributed by atoms with Gasteiger partial charge >= 0.3 is 5.97 Å². The average molecular weight is 287 g/mol. The SMILES string of the molecule is CC(CC(=O)O)NC(=O)c1ccc(Br)cn1. The van der Waals surface area contributed by atoms with Crippen LogP contribution in [0.5, 0.6) is 0 Å². The topological polar surface area (TPSA) is 79.3 Å². The maximum absolute atomic E-state index is 11.6. The number of nitrogens with zero attached hydrogens (tertiary/aromatic N) is 1. The van der Waals surface area contributed by atoms with Gasteiger partial charge in [0.25, 0.3) is 5.91 Å². The number of carboxylic acids is 1. The van der Waals surface area contributed by atoms with Crippen molar-refractivity contribution in [3.8, 4) is 0 Å². The first-order valence-electron chi connectivity index (χ1n) is 4.63. The lowest BCUT2D eigenvalue weighted by atomic mass is 10.2. The molecule has 0 aliphatic rings. The second kappa shape index (κ2) is 5.60. The van der Waals surface area contributed by atoms with Crippen LogP contribution in [0.3, 0.4) is 0 Å². The molecule has 6 heteroatoms. The molecule has 1 unspecified atom stereocenters. The minimum absolute atomic E-state index is 0.109. The molecule has 1 amide bonds. The van der Waals surface area contributed by atoms with Crippen molar-refractivity contribution in [3.63, 3.8) is 0 Å². The molecule has 0 fully saturated rings. The van der Waals surface area contributed by atoms with Crippen molar-refractivity contribution in [1.29, 1.82) is 0 Å². The highest BCUT2D eigenvalue weighted by molar-refractivity contribution is 9.10. The zero-order valence-electron chi connectivity index (χ0n) is 8.61. The summed E-state index contributed by atoms with van der Waals surface area (Å²) in [5.41, 5.74) is 0.264. The van der Waals surface area contributed by atoms with Crippen LogP contribution in [0.25, 0.3) is 0 Å². The average Bonchev–Trinajstić information content (AvgIpc) is 2.16. The standard InChI is InChI=1S/C10H11BrN2O3/c1-6(4-9(14)15)13-10(16)8-3-2-7(11)5-12-8/h2-3,5-6H,4H2,1H3,(H,13,16)(H,14,15). The van der Waals surface area contributed by atoms with E-state index in [-0.39, 0.29) is 18.0 Å². The van der Waals surface area contributed by atoms with E-state index in [0.717, 1.165) is 4.47 Å². The van der Waals surface area contributed by atoms with E-state index in [9.17, 15) is 9.59 Å². The Kier molecular flexibility index (Phi) is 4.42. The fraction of sp³-hybridized carbons (Fsp3) is 0.300. The molecular weight excluding hydrogens is 276 g/mol. The first kappa shape index (κ1) is 12.6. The quantitative estimate of drug-likeness (QED) is 0.878. The predicted octanol–water partition coefficient (Wildman–Crippen LogP) is 1.44. The van der Waals surface area contributed by atoms with Gasteiger partial charge in [0.1, 0.15) is 5.69 Å². The first-order valence-corrected chi connectivity index (χ1v) is 5.42. The third-order valence-corrected chi connectivity index (χ3v) is 2.29. The van der Waals surface area contributed by atoms with Gasteiger partial charge in [0.2, 0.25) is 0 Å². The minimum atomic E-state index is -0.948. The van der Waals surface area contributed by atoms with Crippen molar-refractivity contribution in [2.24, 2.45) is 0 Å². The van der Waals surface area contributed by atoms with Crippen molar-refractivity contribution in [1.82, 2.24) is 10.3 Å². The number of nitrogens with one attached hydrogen (secondary N) is 1. The van der Waals surface area contributed by atoms with Gasteiger partial charge < -0.3 is 10.4 Å². The monoisotopic (exact) mass is 286 g/mol. The molecule has 0 aliphatic heterocycles. The molecule has 0 bridgehead atoms. The normalized spacial score (nSPS) is 11.9. The molecule has 1 heterocycles. The lowest BCUT2D eigenvalue weighted by Gasteiger charge is -2.10. The number of hydrogen-bond donors (Lipinski definition) is 2. The number of aliphatic carboxylic acids is 1. The highest BCUT2D eigenvalue weighted by Gasteiger charge is 2.13. The van der Waals surface area contributed by atoms with E-state index >= 15 is 0 Å². The maximum Gasteiger partial charge on any atom is 0.305 e. The number of carbonyl (C=O) groups excluding carboxylic acids is 1. The fourth-order valence-electron chi connectivity index (χ4n) is 1.12. The Morgan fingerprint density at radius 3 is 2.75 bits per heavy atom. The molecule has 0 saturated carbocycles. The second-order valence-electron chi connectivity index (χ2n) is 3.33. The van der Waals surface area contributed by atoms with Crippen molar-refractivity contribution in [2.75, 3.05) is 0 Å². The van der Waals surface area contributed by atoms with Crippen LogP contribution in [0.15, 0.2) is 22.8 Å². The maximum atomic E-state index is 11.6. The van der Waals surface area contributed by atoms with Crippen LogP contribution < -0.4 is 5.32 Å². The highest BCUT2D eigenvalue weighted by Crippen LogP contribution is 2.07. The van der Waals surface area contributed by atoms with Crippen LogP contribution in [-0.4, -0.2) is 28.0 Å². The van der Waals surface area contributed by atoms with Crippen LogP contribution in [0, 0.1) is 0 Å².